The van der Waals surface area contributed by atoms with Crippen LogP contribution in [0.2, 0.25) is 0 Å². The predicted octanol–water partition coefficient (Wildman–Crippen LogP) is 2.95. The maximum Gasteiger partial charge on any atom is 0.114 e. The molecule has 4 heteroatoms. The van der Waals surface area contributed by atoms with Crippen molar-refractivity contribution in [2.24, 2.45) is 0 Å². The molecule has 4 rings (SSSR count). The van der Waals surface area contributed by atoms with Crippen molar-refractivity contribution in [1.29, 1.82) is 0 Å². The third kappa shape index (κ3) is 2.62. The molecule has 0 radical (unpaired) electrons. The molecule has 3 heterocycles. The van der Waals surface area contributed by atoms with E-state index < -0.39 is 0 Å². The Morgan fingerprint density at radius 2 is 1.95 bits per heavy atom. The van der Waals surface area contributed by atoms with Crippen molar-refractivity contribution in [2.45, 2.75) is 25.3 Å². The fraction of sp³-hybridized carbons (Fsp3) is 0.333. The Hall–Kier alpha value is -2.20. The predicted molar refractivity (Wildman–Crippen MR) is 87.9 cm³/mol. The third-order valence-corrected chi connectivity index (χ3v) is 4.45. The summed E-state index contributed by atoms with van der Waals surface area (Å²) < 4.78 is 2.34. The number of benzene rings is 1. The molecule has 3 aromatic rings. The average molecular weight is 292 g/mol. The largest absolute Gasteiger partial charge is 0.331 e. The smallest absolute Gasteiger partial charge is 0.114 e. The van der Waals surface area contributed by atoms with Gasteiger partial charge in [0.1, 0.15) is 5.82 Å². The summed E-state index contributed by atoms with van der Waals surface area (Å²) in [6.07, 6.45) is 7.18. The molecule has 0 spiro atoms. The molecule has 2 aromatic heterocycles. The Kier molecular flexibility index (Phi) is 3.60. The van der Waals surface area contributed by atoms with Crippen molar-refractivity contribution >= 4 is 10.9 Å². The summed E-state index contributed by atoms with van der Waals surface area (Å²) in [6.45, 7) is 2.19. The van der Waals surface area contributed by atoms with Crippen molar-refractivity contribution in [3.63, 3.8) is 0 Å². The summed E-state index contributed by atoms with van der Waals surface area (Å²) in [6, 6.07) is 13.1. The van der Waals surface area contributed by atoms with E-state index in [9.17, 15) is 0 Å². The maximum absolute atomic E-state index is 4.77. The number of piperidine rings is 1. The number of hydrogen-bond donors (Lipinski definition) is 1. The molecular formula is C18H20N4. The monoisotopic (exact) mass is 292 g/mol. The molecule has 0 amide bonds. The van der Waals surface area contributed by atoms with Crippen LogP contribution in [0.5, 0.6) is 0 Å². The first-order valence-electron chi connectivity index (χ1n) is 7.97. The van der Waals surface area contributed by atoms with Gasteiger partial charge in [-0.2, -0.15) is 0 Å². The van der Waals surface area contributed by atoms with Gasteiger partial charge in [0.05, 0.1) is 5.52 Å². The van der Waals surface area contributed by atoms with Gasteiger partial charge < -0.3 is 9.88 Å². The zero-order valence-electron chi connectivity index (χ0n) is 12.6. The van der Waals surface area contributed by atoms with Crippen LogP contribution in [0.25, 0.3) is 10.9 Å². The van der Waals surface area contributed by atoms with E-state index in [1.165, 1.54) is 18.2 Å². The van der Waals surface area contributed by atoms with Crippen molar-refractivity contribution in [2.75, 3.05) is 13.1 Å². The SMILES string of the molecule is c1ccc2nc(Cc3nccn3C3CCNCC3)ccc2c1. The number of aromatic nitrogens is 3. The summed E-state index contributed by atoms with van der Waals surface area (Å²) in [5, 5.41) is 4.61. The van der Waals surface area contributed by atoms with E-state index in [1.807, 2.05) is 18.3 Å². The lowest BCUT2D eigenvalue weighted by Crippen LogP contribution is -2.30. The zero-order valence-corrected chi connectivity index (χ0v) is 12.6. The fourth-order valence-electron chi connectivity index (χ4n) is 3.27. The van der Waals surface area contributed by atoms with E-state index in [0.29, 0.717) is 6.04 Å². The normalized spacial score (nSPS) is 16.2. The summed E-state index contributed by atoms with van der Waals surface area (Å²) in [7, 11) is 0. The van der Waals surface area contributed by atoms with Crippen LogP contribution < -0.4 is 5.32 Å². The molecule has 0 atom stereocenters. The van der Waals surface area contributed by atoms with Crippen LogP contribution in [0.1, 0.15) is 30.4 Å². The standard InChI is InChI=1S/C18H20N4/c1-2-4-17-14(3-1)5-6-15(21-17)13-18-20-11-12-22(18)16-7-9-19-10-8-16/h1-6,11-12,16,19H,7-10,13H2. The van der Waals surface area contributed by atoms with Gasteiger partial charge in [-0.25, -0.2) is 4.98 Å². The summed E-state index contributed by atoms with van der Waals surface area (Å²) in [4.78, 5) is 9.34. The van der Waals surface area contributed by atoms with Gasteiger partial charge in [-0.05, 0) is 38.1 Å². The summed E-state index contributed by atoms with van der Waals surface area (Å²) >= 11 is 0. The second-order valence-corrected chi connectivity index (χ2v) is 5.90. The molecule has 112 valence electrons. The van der Waals surface area contributed by atoms with Crippen LogP contribution in [0, 0.1) is 0 Å². The van der Waals surface area contributed by atoms with E-state index in [0.717, 1.165) is 36.5 Å². The van der Waals surface area contributed by atoms with Crippen LogP contribution in [-0.4, -0.2) is 27.6 Å². The first-order chi connectivity index (χ1) is 10.9. The highest BCUT2D eigenvalue weighted by molar-refractivity contribution is 5.78. The highest BCUT2D eigenvalue weighted by atomic mass is 15.1. The lowest BCUT2D eigenvalue weighted by molar-refractivity contribution is 0.361. The molecule has 1 fully saturated rings. The molecule has 0 saturated carbocycles. The van der Waals surface area contributed by atoms with Gasteiger partial charge in [0, 0.05) is 35.9 Å². The highest BCUT2D eigenvalue weighted by Crippen LogP contribution is 2.21. The van der Waals surface area contributed by atoms with E-state index in [-0.39, 0.29) is 0 Å². The highest BCUT2D eigenvalue weighted by Gasteiger charge is 2.17. The number of para-hydroxylation sites is 1. The van der Waals surface area contributed by atoms with E-state index in [2.05, 4.69) is 45.3 Å². The molecule has 22 heavy (non-hydrogen) atoms. The lowest BCUT2D eigenvalue weighted by atomic mass is 10.1. The molecular weight excluding hydrogens is 272 g/mol. The zero-order chi connectivity index (χ0) is 14.8. The van der Waals surface area contributed by atoms with E-state index in [1.54, 1.807) is 0 Å². The van der Waals surface area contributed by atoms with Gasteiger partial charge in [-0.15, -0.1) is 0 Å². The van der Waals surface area contributed by atoms with Crippen molar-refractivity contribution in [1.82, 2.24) is 19.9 Å². The minimum Gasteiger partial charge on any atom is -0.331 e. The molecule has 1 aliphatic heterocycles. The van der Waals surface area contributed by atoms with Crippen molar-refractivity contribution in [3.8, 4) is 0 Å². The maximum atomic E-state index is 4.77. The first kappa shape index (κ1) is 13.5. The van der Waals surface area contributed by atoms with Crippen LogP contribution >= 0.6 is 0 Å². The van der Waals surface area contributed by atoms with E-state index in [4.69, 9.17) is 4.98 Å². The molecule has 1 saturated heterocycles. The second kappa shape index (κ2) is 5.89. The quantitative estimate of drug-likeness (QED) is 0.807. The number of nitrogens with zero attached hydrogens (tertiary/aromatic N) is 3. The Labute approximate surface area is 130 Å². The number of fused-ring (bicyclic) bond motifs is 1. The lowest BCUT2D eigenvalue weighted by Gasteiger charge is -2.25. The first-order valence-corrected chi connectivity index (χ1v) is 7.97. The van der Waals surface area contributed by atoms with Gasteiger partial charge in [0.15, 0.2) is 0 Å². The number of nitrogens with one attached hydrogen (secondary N) is 1. The molecule has 1 aromatic carbocycles. The number of imidazole rings is 1. The van der Waals surface area contributed by atoms with Crippen molar-refractivity contribution in [3.05, 3.63) is 60.3 Å². The second-order valence-electron chi connectivity index (χ2n) is 5.90. The van der Waals surface area contributed by atoms with E-state index >= 15 is 0 Å². The van der Waals surface area contributed by atoms with Crippen molar-refractivity contribution < 1.29 is 0 Å². The molecule has 0 unspecified atom stereocenters. The number of rotatable bonds is 3. The Balaban J connectivity index is 1.61. The Morgan fingerprint density at radius 1 is 1.09 bits per heavy atom. The van der Waals surface area contributed by atoms with Gasteiger partial charge >= 0.3 is 0 Å². The summed E-state index contributed by atoms with van der Waals surface area (Å²) in [5.41, 5.74) is 2.14. The summed E-state index contributed by atoms with van der Waals surface area (Å²) in [5.74, 6) is 1.12. The topological polar surface area (TPSA) is 42.7 Å². The molecule has 0 bridgehead atoms. The van der Waals surface area contributed by atoms with Gasteiger partial charge in [0.25, 0.3) is 0 Å². The minimum atomic E-state index is 0.569. The van der Waals surface area contributed by atoms with Crippen LogP contribution in [-0.2, 0) is 6.42 Å². The van der Waals surface area contributed by atoms with Crippen LogP contribution in [0.3, 0.4) is 0 Å². The molecule has 0 aliphatic carbocycles. The van der Waals surface area contributed by atoms with Gasteiger partial charge in [-0.1, -0.05) is 24.3 Å². The van der Waals surface area contributed by atoms with Crippen LogP contribution in [0.15, 0.2) is 48.8 Å². The Morgan fingerprint density at radius 3 is 2.86 bits per heavy atom. The van der Waals surface area contributed by atoms with Crippen LogP contribution in [0.4, 0.5) is 0 Å². The minimum absolute atomic E-state index is 0.569. The molecule has 1 aliphatic rings. The number of pyridine rings is 1. The average Bonchev–Trinajstić information content (AvgIpc) is 3.04. The number of hydrogen-bond acceptors (Lipinski definition) is 3. The fourth-order valence-corrected chi connectivity index (χ4v) is 3.27. The van der Waals surface area contributed by atoms with Gasteiger partial charge in [0.2, 0.25) is 0 Å². The molecule has 4 nitrogen and oxygen atoms in total. The Bertz CT molecular complexity index is 771. The third-order valence-electron chi connectivity index (χ3n) is 4.45. The van der Waals surface area contributed by atoms with Gasteiger partial charge in [-0.3, -0.25) is 4.98 Å². The molecule has 1 N–H and O–H groups in total.